The van der Waals surface area contributed by atoms with Gasteiger partial charge in [-0.1, -0.05) is 30.3 Å². The Balaban J connectivity index is 2.31. The van der Waals surface area contributed by atoms with Crippen LogP contribution in [0.4, 0.5) is 11.4 Å². The van der Waals surface area contributed by atoms with Crippen molar-refractivity contribution in [1.29, 1.82) is 0 Å². The highest BCUT2D eigenvalue weighted by Crippen LogP contribution is 2.27. The molecular formula is C15H19N3O2S. The number of nitrogens with two attached hydrogens (primary N) is 2. The summed E-state index contributed by atoms with van der Waals surface area (Å²) in [7, 11) is -3.73. The lowest BCUT2D eigenvalue weighted by Crippen LogP contribution is -2.23. The van der Waals surface area contributed by atoms with E-state index in [9.17, 15) is 8.42 Å². The van der Waals surface area contributed by atoms with Crippen LogP contribution in [0.1, 0.15) is 12.5 Å². The maximum absolute atomic E-state index is 11.3. The number of primary sulfonamides is 1. The molecule has 0 aliphatic rings. The van der Waals surface area contributed by atoms with Gasteiger partial charge in [0.25, 0.3) is 0 Å². The largest absolute Gasteiger partial charge is 0.397 e. The third-order valence-corrected chi connectivity index (χ3v) is 4.18. The van der Waals surface area contributed by atoms with E-state index in [2.05, 4.69) is 4.90 Å². The monoisotopic (exact) mass is 305 g/mol. The smallest absolute Gasteiger partial charge is 0.238 e. The average molecular weight is 305 g/mol. The van der Waals surface area contributed by atoms with Gasteiger partial charge < -0.3 is 10.6 Å². The number of rotatable bonds is 5. The molecule has 0 atom stereocenters. The van der Waals surface area contributed by atoms with Crippen LogP contribution < -0.4 is 15.8 Å². The van der Waals surface area contributed by atoms with Gasteiger partial charge in [-0.2, -0.15) is 0 Å². The molecule has 112 valence electrons. The zero-order chi connectivity index (χ0) is 15.5. The van der Waals surface area contributed by atoms with Crippen molar-refractivity contribution in [3.05, 3.63) is 54.1 Å². The Labute approximate surface area is 125 Å². The molecule has 21 heavy (non-hydrogen) atoms. The van der Waals surface area contributed by atoms with Crippen molar-refractivity contribution in [2.75, 3.05) is 17.2 Å². The van der Waals surface area contributed by atoms with Crippen LogP contribution in [-0.2, 0) is 16.6 Å². The van der Waals surface area contributed by atoms with Crippen LogP contribution in [0.5, 0.6) is 0 Å². The zero-order valence-electron chi connectivity index (χ0n) is 11.9. The van der Waals surface area contributed by atoms with E-state index < -0.39 is 10.0 Å². The number of sulfonamides is 1. The molecule has 5 nitrogen and oxygen atoms in total. The van der Waals surface area contributed by atoms with Gasteiger partial charge >= 0.3 is 0 Å². The van der Waals surface area contributed by atoms with Crippen LogP contribution in [0.15, 0.2) is 53.4 Å². The number of nitrogen functional groups attached to an aromatic ring is 1. The molecule has 0 unspecified atom stereocenters. The molecule has 0 amide bonds. The van der Waals surface area contributed by atoms with Crippen LogP contribution in [0.25, 0.3) is 0 Å². The van der Waals surface area contributed by atoms with Crippen molar-refractivity contribution in [2.24, 2.45) is 5.14 Å². The Kier molecular flexibility index (Phi) is 4.50. The lowest BCUT2D eigenvalue weighted by molar-refractivity contribution is 0.598. The molecule has 0 saturated carbocycles. The van der Waals surface area contributed by atoms with E-state index >= 15 is 0 Å². The molecule has 0 aliphatic heterocycles. The number of anilines is 2. The van der Waals surface area contributed by atoms with E-state index in [1.807, 2.05) is 37.3 Å². The highest BCUT2D eigenvalue weighted by molar-refractivity contribution is 7.89. The second-order valence-electron chi connectivity index (χ2n) is 4.77. The van der Waals surface area contributed by atoms with E-state index in [1.165, 1.54) is 12.1 Å². The maximum Gasteiger partial charge on any atom is 0.238 e. The van der Waals surface area contributed by atoms with E-state index in [4.69, 9.17) is 10.9 Å². The molecule has 2 aromatic rings. The van der Waals surface area contributed by atoms with Crippen molar-refractivity contribution in [3.8, 4) is 0 Å². The first-order valence-electron chi connectivity index (χ1n) is 6.63. The van der Waals surface area contributed by atoms with Crippen LogP contribution >= 0.6 is 0 Å². The van der Waals surface area contributed by atoms with Crippen molar-refractivity contribution in [3.63, 3.8) is 0 Å². The standard InChI is InChI=1S/C15H19N3O2S/c1-2-18(11-12-6-4-3-5-7-12)15-9-8-13(10-14(15)16)21(17,19)20/h3-10H,2,11,16H2,1H3,(H2,17,19,20). The number of nitrogens with zero attached hydrogens (tertiary/aromatic N) is 1. The average Bonchev–Trinajstić information content (AvgIpc) is 2.45. The first-order chi connectivity index (χ1) is 9.91. The maximum atomic E-state index is 11.3. The Hall–Kier alpha value is -2.05. The lowest BCUT2D eigenvalue weighted by Gasteiger charge is -2.25. The number of benzene rings is 2. The number of hydrogen-bond acceptors (Lipinski definition) is 4. The minimum atomic E-state index is -3.73. The van der Waals surface area contributed by atoms with Gasteiger partial charge in [0, 0.05) is 13.1 Å². The molecule has 0 radical (unpaired) electrons. The summed E-state index contributed by atoms with van der Waals surface area (Å²) < 4.78 is 22.7. The predicted octanol–water partition coefficient (Wildman–Crippen LogP) is 1.94. The summed E-state index contributed by atoms with van der Waals surface area (Å²) in [6.45, 7) is 3.49. The van der Waals surface area contributed by atoms with Crippen molar-refractivity contribution >= 4 is 21.4 Å². The fourth-order valence-corrected chi connectivity index (χ4v) is 2.72. The number of hydrogen-bond donors (Lipinski definition) is 2. The third-order valence-electron chi connectivity index (χ3n) is 3.27. The fraction of sp³-hybridized carbons (Fsp3) is 0.200. The summed E-state index contributed by atoms with van der Waals surface area (Å²) in [5.74, 6) is 0. The van der Waals surface area contributed by atoms with Crippen LogP contribution in [-0.4, -0.2) is 15.0 Å². The Morgan fingerprint density at radius 3 is 2.29 bits per heavy atom. The second kappa shape index (κ2) is 6.15. The fourth-order valence-electron chi connectivity index (χ4n) is 2.17. The molecule has 0 fully saturated rings. The molecule has 0 saturated heterocycles. The van der Waals surface area contributed by atoms with E-state index in [-0.39, 0.29) is 4.90 Å². The summed E-state index contributed by atoms with van der Waals surface area (Å²) in [5.41, 5.74) is 8.35. The highest BCUT2D eigenvalue weighted by Gasteiger charge is 2.13. The Morgan fingerprint density at radius 1 is 1.10 bits per heavy atom. The highest BCUT2D eigenvalue weighted by atomic mass is 32.2. The molecule has 0 aliphatic carbocycles. The van der Waals surface area contributed by atoms with Gasteiger partial charge in [-0.15, -0.1) is 0 Å². The summed E-state index contributed by atoms with van der Waals surface area (Å²) in [6.07, 6.45) is 0. The minimum Gasteiger partial charge on any atom is -0.397 e. The summed E-state index contributed by atoms with van der Waals surface area (Å²) >= 11 is 0. The molecule has 2 aromatic carbocycles. The minimum absolute atomic E-state index is 0.0273. The molecule has 0 heterocycles. The molecular weight excluding hydrogens is 286 g/mol. The second-order valence-corrected chi connectivity index (χ2v) is 6.33. The van der Waals surface area contributed by atoms with Gasteiger partial charge in [-0.05, 0) is 30.7 Å². The van der Waals surface area contributed by atoms with Gasteiger partial charge in [0.1, 0.15) is 0 Å². The Morgan fingerprint density at radius 2 is 1.76 bits per heavy atom. The first-order valence-corrected chi connectivity index (χ1v) is 8.17. The van der Waals surface area contributed by atoms with Crippen LogP contribution in [0.3, 0.4) is 0 Å². The van der Waals surface area contributed by atoms with Gasteiger partial charge in [0.05, 0.1) is 16.3 Å². The molecule has 4 N–H and O–H groups in total. The van der Waals surface area contributed by atoms with Crippen LogP contribution in [0, 0.1) is 0 Å². The van der Waals surface area contributed by atoms with Crippen molar-refractivity contribution < 1.29 is 8.42 Å². The Bertz CT molecular complexity index is 715. The summed E-state index contributed by atoms with van der Waals surface area (Å²) in [4.78, 5) is 2.11. The van der Waals surface area contributed by atoms with E-state index in [0.717, 1.165) is 17.8 Å². The van der Waals surface area contributed by atoms with Gasteiger partial charge in [0.2, 0.25) is 10.0 Å². The van der Waals surface area contributed by atoms with Crippen molar-refractivity contribution in [2.45, 2.75) is 18.4 Å². The van der Waals surface area contributed by atoms with Crippen LogP contribution in [0.2, 0.25) is 0 Å². The topological polar surface area (TPSA) is 89.4 Å². The van der Waals surface area contributed by atoms with Crippen molar-refractivity contribution in [1.82, 2.24) is 0 Å². The van der Waals surface area contributed by atoms with Gasteiger partial charge in [0.15, 0.2) is 0 Å². The van der Waals surface area contributed by atoms with E-state index in [0.29, 0.717) is 12.2 Å². The molecule has 6 heteroatoms. The predicted molar refractivity (Wildman–Crippen MR) is 85.4 cm³/mol. The normalized spacial score (nSPS) is 11.3. The third kappa shape index (κ3) is 3.74. The molecule has 2 rings (SSSR count). The summed E-state index contributed by atoms with van der Waals surface area (Å²) in [5, 5.41) is 5.11. The lowest BCUT2D eigenvalue weighted by atomic mass is 10.2. The molecule has 0 bridgehead atoms. The van der Waals surface area contributed by atoms with Gasteiger partial charge in [-0.3, -0.25) is 0 Å². The SMILES string of the molecule is CCN(Cc1ccccc1)c1ccc(S(N)(=O)=O)cc1N. The van der Waals surface area contributed by atoms with Gasteiger partial charge in [-0.25, -0.2) is 13.6 Å². The molecule has 0 aromatic heterocycles. The van der Waals surface area contributed by atoms with E-state index in [1.54, 1.807) is 6.07 Å². The quantitative estimate of drug-likeness (QED) is 0.826. The zero-order valence-corrected chi connectivity index (χ0v) is 12.7. The molecule has 0 spiro atoms. The first kappa shape index (κ1) is 15.3. The summed E-state index contributed by atoms with van der Waals surface area (Å²) in [6, 6.07) is 14.6.